The summed E-state index contributed by atoms with van der Waals surface area (Å²) in [6, 6.07) is 18.2. The maximum atomic E-state index is 12.6. The van der Waals surface area contributed by atoms with Gasteiger partial charge in [-0.1, -0.05) is 58.4 Å². The van der Waals surface area contributed by atoms with Gasteiger partial charge in [-0.05, 0) is 36.1 Å². The predicted molar refractivity (Wildman–Crippen MR) is 80.2 cm³/mol. The molecule has 96 valence electrons. The van der Waals surface area contributed by atoms with E-state index in [-0.39, 0.29) is 5.41 Å². The van der Waals surface area contributed by atoms with E-state index in [9.17, 15) is 4.79 Å². The lowest BCUT2D eigenvalue weighted by Gasteiger charge is -2.14. The third kappa shape index (κ3) is 2.50. The minimum atomic E-state index is -0.205. The van der Waals surface area contributed by atoms with Gasteiger partial charge in [-0.2, -0.15) is 0 Å². The van der Waals surface area contributed by atoms with Crippen LogP contribution >= 0.6 is 15.9 Å². The average molecular weight is 315 g/mol. The summed E-state index contributed by atoms with van der Waals surface area (Å²) in [6.07, 6.45) is 2.50. The number of rotatable bonds is 4. The quantitative estimate of drug-likeness (QED) is 0.822. The van der Waals surface area contributed by atoms with E-state index in [1.165, 1.54) is 5.56 Å². The Kier molecular flexibility index (Phi) is 3.28. The highest BCUT2D eigenvalue weighted by molar-refractivity contribution is 9.10. The molecule has 0 saturated heterocycles. The van der Waals surface area contributed by atoms with Crippen LogP contribution in [0.1, 0.15) is 24.0 Å². The molecule has 0 heterocycles. The first kappa shape index (κ1) is 12.6. The Balaban J connectivity index is 1.82. The second-order valence-corrected chi connectivity index (χ2v) is 6.09. The molecule has 1 saturated carbocycles. The van der Waals surface area contributed by atoms with Crippen LogP contribution < -0.4 is 0 Å². The van der Waals surface area contributed by atoms with Crippen LogP contribution in [0.15, 0.2) is 59.1 Å². The molecule has 19 heavy (non-hydrogen) atoms. The number of carbonyl (C=O) groups excluding carboxylic acids is 1. The van der Waals surface area contributed by atoms with Gasteiger partial charge in [0.25, 0.3) is 0 Å². The lowest BCUT2D eigenvalue weighted by atomic mass is 9.88. The molecule has 3 rings (SSSR count). The molecule has 0 unspecified atom stereocenters. The summed E-state index contributed by atoms with van der Waals surface area (Å²) in [4.78, 5) is 12.6. The van der Waals surface area contributed by atoms with Gasteiger partial charge in [-0.25, -0.2) is 0 Å². The van der Waals surface area contributed by atoms with Crippen LogP contribution in [0.25, 0.3) is 0 Å². The molecule has 2 aromatic carbocycles. The van der Waals surface area contributed by atoms with Gasteiger partial charge in [0.1, 0.15) is 5.78 Å². The number of Topliss-reactive ketones (excluding diaryl/α,β-unsaturated/α-hetero) is 1. The molecule has 2 aromatic rings. The molecule has 0 aromatic heterocycles. The molecular formula is C17H15BrO. The molecule has 0 aliphatic heterocycles. The van der Waals surface area contributed by atoms with Crippen molar-refractivity contribution in [2.24, 2.45) is 0 Å². The first-order chi connectivity index (χ1) is 9.21. The van der Waals surface area contributed by atoms with E-state index in [1.54, 1.807) is 0 Å². The molecule has 1 aliphatic carbocycles. The van der Waals surface area contributed by atoms with Gasteiger partial charge >= 0.3 is 0 Å². The Morgan fingerprint density at radius 1 is 1.05 bits per heavy atom. The van der Waals surface area contributed by atoms with Gasteiger partial charge in [0, 0.05) is 10.9 Å². The summed E-state index contributed by atoms with van der Waals surface area (Å²) in [5.41, 5.74) is 2.06. The minimum absolute atomic E-state index is 0.205. The Morgan fingerprint density at radius 2 is 1.79 bits per heavy atom. The van der Waals surface area contributed by atoms with E-state index < -0.39 is 0 Å². The zero-order chi connectivity index (χ0) is 13.3. The highest BCUT2D eigenvalue weighted by Gasteiger charge is 2.50. The van der Waals surface area contributed by atoms with Crippen LogP contribution in [-0.4, -0.2) is 5.78 Å². The molecule has 0 bridgehead atoms. The first-order valence-corrected chi connectivity index (χ1v) is 7.33. The van der Waals surface area contributed by atoms with Crippen molar-refractivity contribution in [3.05, 3.63) is 70.2 Å². The predicted octanol–water partition coefficient (Wildman–Crippen LogP) is 4.29. The number of benzene rings is 2. The van der Waals surface area contributed by atoms with E-state index in [0.29, 0.717) is 12.2 Å². The largest absolute Gasteiger partial charge is 0.298 e. The van der Waals surface area contributed by atoms with Crippen LogP contribution in [0.2, 0.25) is 0 Å². The first-order valence-electron chi connectivity index (χ1n) is 6.54. The highest BCUT2D eigenvalue weighted by atomic mass is 79.9. The molecule has 0 spiro atoms. The van der Waals surface area contributed by atoms with Crippen molar-refractivity contribution >= 4 is 21.7 Å². The molecule has 1 fully saturated rings. The second kappa shape index (κ2) is 4.93. The molecule has 0 radical (unpaired) electrons. The fraction of sp³-hybridized carbons (Fsp3) is 0.235. The fourth-order valence-corrected chi connectivity index (χ4v) is 3.06. The van der Waals surface area contributed by atoms with Gasteiger partial charge in [0.2, 0.25) is 0 Å². The van der Waals surface area contributed by atoms with Gasteiger partial charge in [0.15, 0.2) is 0 Å². The Hall–Kier alpha value is -1.41. The van der Waals surface area contributed by atoms with Crippen LogP contribution in [0.3, 0.4) is 0 Å². The molecule has 0 atom stereocenters. The highest BCUT2D eigenvalue weighted by Crippen LogP contribution is 2.49. The standard InChI is InChI=1S/C17H15BrO/c18-15-8-4-5-13(11-15)12-16(19)17(9-10-17)14-6-2-1-3-7-14/h1-8,11H,9-10,12H2. The summed E-state index contributed by atoms with van der Waals surface area (Å²) in [6.45, 7) is 0. The van der Waals surface area contributed by atoms with E-state index in [1.807, 2.05) is 42.5 Å². The number of hydrogen-bond donors (Lipinski definition) is 0. The number of halogens is 1. The summed E-state index contributed by atoms with van der Waals surface area (Å²) >= 11 is 3.45. The Morgan fingerprint density at radius 3 is 2.42 bits per heavy atom. The smallest absolute Gasteiger partial charge is 0.147 e. The summed E-state index contributed by atoms with van der Waals surface area (Å²) < 4.78 is 1.03. The summed E-state index contributed by atoms with van der Waals surface area (Å²) in [7, 11) is 0. The average Bonchev–Trinajstić information content (AvgIpc) is 3.21. The van der Waals surface area contributed by atoms with E-state index in [4.69, 9.17) is 0 Å². The van der Waals surface area contributed by atoms with E-state index in [0.717, 1.165) is 22.9 Å². The van der Waals surface area contributed by atoms with Gasteiger partial charge in [-0.15, -0.1) is 0 Å². The van der Waals surface area contributed by atoms with Crippen LogP contribution in [0, 0.1) is 0 Å². The van der Waals surface area contributed by atoms with Gasteiger partial charge in [-0.3, -0.25) is 4.79 Å². The van der Waals surface area contributed by atoms with Crippen molar-refractivity contribution in [3.63, 3.8) is 0 Å². The lowest BCUT2D eigenvalue weighted by Crippen LogP contribution is -2.22. The van der Waals surface area contributed by atoms with Crippen molar-refractivity contribution in [3.8, 4) is 0 Å². The molecular weight excluding hydrogens is 300 g/mol. The SMILES string of the molecule is O=C(Cc1cccc(Br)c1)C1(c2ccccc2)CC1. The molecule has 1 nitrogen and oxygen atoms in total. The van der Waals surface area contributed by atoms with E-state index >= 15 is 0 Å². The van der Waals surface area contributed by atoms with Crippen molar-refractivity contribution < 1.29 is 4.79 Å². The van der Waals surface area contributed by atoms with Crippen molar-refractivity contribution in [2.75, 3.05) is 0 Å². The number of ketones is 1. The monoisotopic (exact) mass is 314 g/mol. The normalized spacial score (nSPS) is 16.1. The topological polar surface area (TPSA) is 17.1 Å². The zero-order valence-electron chi connectivity index (χ0n) is 10.6. The van der Waals surface area contributed by atoms with E-state index in [2.05, 4.69) is 28.1 Å². The van der Waals surface area contributed by atoms with Crippen LogP contribution in [0.4, 0.5) is 0 Å². The minimum Gasteiger partial charge on any atom is -0.298 e. The molecule has 1 aliphatic rings. The third-order valence-corrected chi connectivity index (χ3v) is 4.36. The van der Waals surface area contributed by atoms with Crippen molar-refractivity contribution in [1.29, 1.82) is 0 Å². The third-order valence-electron chi connectivity index (χ3n) is 3.86. The molecule has 0 N–H and O–H groups in total. The molecule has 0 amide bonds. The van der Waals surface area contributed by atoms with Gasteiger partial charge < -0.3 is 0 Å². The Labute approximate surface area is 121 Å². The van der Waals surface area contributed by atoms with Crippen LogP contribution in [0.5, 0.6) is 0 Å². The lowest BCUT2D eigenvalue weighted by molar-refractivity contribution is -0.120. The fourth-order valence-electron chi connectivity index (χ4n) is 2.61. The summed E-state index contributed by atoms with van der Waals surface area (Å²) in [5.74, 6) is 0.344. The van der Waals surface area contributed by atoms with Crippen LogP contribution in [-0.2, 0) is 16.6 Å². The second-order valence-electron chi connectivity index (χ2n) is 5.18. The number of carbonyl (C=O) groups is 1. The maximum Gasteiger partial charge on any atom is 0.147 e. The zero-order valence-corrected chi connectivity index (χ0v) is 12.2. The summed E-state index contributed by atoms with van der Waals surface area (Å²) in [5, 5.41) is 0. The van der Waals surface area contributed by atoms with Crippen molar-refractivity contribution in [1.82, 2.24) is 0 Å². The maximum absolute atomic E-state index is 12.6. The Bertz CT molecular complexity index is 600. The van der Waals surface area contributed by atoms with Gasteiger partial charge in [0.05, 0.1) is 5.41 Å². The molecule has 2 heteroatoms. The van der Waals surface area contributed by atoms with Crippen molar-refractivity contribution in [2.45, 2.75) is 24.7 Å². The number of hydrogen-bond acceptors (Lipinski definition) is 1.